The van der Waals surface area contributed by atoms with Crippen LogP contribution in [0.3, 0.4) is 0 Å². The summed E-state index contributed by atoms with van der Waals surface area (Å²) in [5.41, 5.74) is 6.11. The SMILES string of the molecule is CC#N.Nc1ccc(Cl)cc1. The lowest BCUT2D eigenvalue weighted by molar-refractivity contribution is 1.49. The lowest BCUT2D eigenvalue weighted by atomic mass is 10.3. The summed E-state index contributed by atoms with van der Waals surface area (Å²) >= 11 is 5.56. The highest BCUT2D eigenvalue weighted by Gasteiger charge is 1.82. The maximum Gasteiger partial charge on any atom is 0.0587 e. The molecule has 0 unspecified atom stereocenters. The Balaban J connectivity index is 0.000000292. The van der Waals surface area contributed by atoms with Crippen molar-refractivity contribution in [3.05, 3.63) is 29.3 Å². The molecule has 1 aromatic rings. The number of halogens is 1. The molecule has 0 radical (unpaired) electrons. The van der Waals surface area contributed by atoms with Crippen molar-refractivity contribution in [1.82, 2.24) is 0 Å². The van der Waals surface area contributed by atoms with E-state index in [4.69, 9.17) is 22.6 Å². The highest BCUT2D eigenvalue weighted by molar-refractivity contribution is 6.30. The fourth-order valence-corrected chi connectivity index (χ4v) is 0.589. The third-order valence-corrected chi connectivity index (χ3v) is 1.12. The molecule has 0 saturated carbocycles. The van der Waals surface area contributed by atoms with Gasteiger partial charge in [0.2, 0.25) is 0 Å². The van der Waals surface area contributed by atoms with Crippen molar-refractivity contribution in [2.45, 2.75) is 6.92 Å². The smallest absolute Gasteiger partial charge is 0.0587 e. The minimum absolute atomic E-state index is 0.721. The van der Waals surface area contributed by atoms with Gasteiger partial charge in [0.1, 0.15) is 0 Å². The van der Waals surface area contributed by atoms with Crippen LogP contribution in [-0.2, 0) is 0 Å². The summed E-state index contributed by atoms with van der Waals surface area (Å²) < 4.78 is 0. The van der Waals surface area contributed by atoms with Crippen molar-refractivity contribution in [1.29, 1.82) is 5.26 Å². The van der Waals surface area contributed by atoms with Gasteiger partial charge in [0, 0.05) is 17.6 Å². The monoisotopic (exact) mass is 168 g/mol. The van der Waals surface area contributed by atoms with Gasteiger partial charge in [-0.1, -0.05) is 11.6 Å². The van der Waals surface area contributed by atoms with Crippen LogP contribution in [0.4, 0.5) is 5.69 Å². The predicted molar refractivity (Wildman–Crippen MR) is 47.2 cm³/mol. The van der Waals surface area contributed by atoms with Crippen LogP contribution < -0.4 is 5.73 Å². The average Bonchev–Trinajstić information content (AvgIpc) is 1.97. The van der Waals surface area contributed by atoms with E-state index >= 15 is 0 Å². The van der Waals surface area contributed by atoms with Crippen molar-refractivity contribution >= 4 is 17.3 Å². The van der Waals surface area contributed by atoms with Crippen LogP contribution in [0.2, 0.25) is 5.02 Å². The summed E-state index contributed by atoms with van der Waals surface area (Å²) in [6.07, 6.45) is 0. The summed E-state index contributed by atoms with van der Waals surface area (Å²) in [6.45, 7) is 1.43. The van der Waals surface area contributed by atoms with Crippen LogP contribution >= 0.6 is 11.6 Å². The second-order valence-electron chi connectivity index (χ2n) is 1.78. The molecule has 0 heterocycles. The fraction of sp³-hybridized carbons (Fsp3) is 0.125. The number of nitrogens with two attached hydrogens (primary N) is 1. The molecule has 0 spiro atoms. The Morgan fingerprint density at radius 1 is 1.36 bits per heavy atom. The van der Waals surface area contributed by atoms with E-state index < -0.39 is 0 Å². The molecule has 1 rings (SSSR count). The summed E-state index contributed by atoms with van der Waals surface area (Å²) in [5, 5.41) is 8.04. The Kier molecular flexibility index (Phi) is 4.97. The lowest BCUT2D eigenvalue weighted by Gasteiger charge is -1.88. The maximum absolute atomic E-state index is 7.32. The fourth-order valence-electron chi connectivity index (χ4n) is 0.463. The van der Waals surface area contributed by atoms with E-state index in [-0.39, 0.29) is 0 Å². The highest BCUT2D eigenvalue weighted by atomic mass is 35.5. The van der Waals surface area contributed by atoms with Gasteiger partial charge in [0.15, 0.2) is 0 Å². The zero-order valence-electron chi connectivity index (χ0n) is 6.21. The molecule has 58 valence electrons. The molecule has 0 atom stereocenters. The first-order valence-electron chi connectivity index (χ1n) is 3.02. The average molecular weight is 169 g/mol. The Bertz CT molecular complexity index is 214. The number of nitrogens with zero attached hydrogens (tertiary/aromatic N) is 1. The topological polar surface area (TPSA) is 49.8 Å². The summed E-state index contributed by atoms with van der Waals surface area (Å²) in [5.74, 6) is 0. The predicted octanol–water partition coefficient (Wildman–Crippen LogP) is 2.45. The first kappa shape index (κ1) is 9.80. The summed E-state index contributed by atoms with van der Waals surface area (Å²) in [6, 6.07) is 8.80. The Morgan fingerprint density at radius 2 is 1.73 bits per heavy atom. The number of benzene rings is 1. The van der Waals surface area contributed by atoms with Crippen LogP contribution in [0.25, 0.3) is 0 Å². The largest absolute Gasteiger partial charge is 0.399 e. The van der Waals surface area contributed by atoms with Crippen molar-refractivity contribution in [3.63, 3.8) is 0 Å². The maximum atomic E-state index is 7.32. The lowest BCUT2D eigenvalue weighted by Crippen LogP contribution is -1.80. The third kappa shape index (κ3) is 5.25. The first-order chi connectivity index (χ1) is 5.20. The summed E-state index contributed by atoms with van der Waals surface area (Å²) in [4.78, 5) is 0. The van der Waals surface area contributed by atoms with Gasteiger partial charge in [0.05, 0.1) is 6.07 Å². The molecule has 3 heteroatoms. The molecule has 0 amide bonds. The molecule has 0 fully saturated rings. The molecular formula is C8H9ClN2. The molecule has 0 aromatic heterocycles. The Morgan fingerprint density at radius 3 is 2.00 bits per heavy atom. The molecule has 0 aliphatic rings. The standard InChI is InChI=1S/C6H6ClN.C2H3N/c7-5-1-3-6(8)4-2-5;1-2-3/h1-4H,8H2;1H3. The summed E-state index contributed by atoms with van der Waals surface area (Å²) in [7, 11) is 0. The first-order valence-corrected chi connectivity index (χ1v) is 3.40. The van der Waals surface area contributed by atoms with Gasteiger partial charge in [-0.3, -0.25) is 0 Å². The third-order valence-electron chi connectivity index (χ3n) is 0.870. The van der Waals surface area contributed by atoms with Gasteiger partial charge in [-0.05, 0) is 24.3 Å². The molecule has 2 N–H and O–H groups in total. The van der Waals surface area contributed by atoms with Gasteiger partial charge in [0.25, 0.3) is 0 Å². The van der Waals surface area contributed by atoms with Crippen LogP contribution in [0, 0.1) is 11.3 Å². The second-order valence-corrected chi connectivity index (χ2v) is 2.21. The number of rotatable bonds is 0. The molecule has 0 bridgehead atoms. The van der Waals surface area contributed by atoms with E-state index in [1.165, 1.54) is 6.92 Å². The zero-order chi connectivity index (χ0) is 8.69. The second kappa shape index (κ2) is 5.57. The minimum atomic E-state index is 0.721. The Hall–Kier alpha value is -1.20. The van der Waals surface area contributed by atoms with E-state index in [0.717, 1.165) is 10.7 Å². The van der Waals surface area contributed by atoms with Crippen LogP contribution in [0.1, 0.15) is 6.92 Å². The number of hydrogen-bond acceptors (Lipinski definition) is 2. The highest BCUT2D eigenvalue weighted by Crippen LogP contribution is 2.09. The molecular weight excluding hydrogens is 160 g/mol. The van der Waals surface area contributed by atoms with E-state index in [2.05, 4.69) is 0 Å². The van der Waals surface area contributed by atoms with Crippen molar-refractivity contribution in [3.8, 4) is 6.07 Å². The van der Waals surface area contributed by atoms with E-state index in [0.29, 0.717) is 0 Å². The van der Waals surface area contributed by atoms with Gasteiger partial charge in [-0.2, -0.15) is 5.26 Å². The van der Waals surface area contributed by atoms with Crippen molar-refractivity contribution in [2.75, 3.05) is 5.73 Å². The van der Waals surface area contributed by atoms with Crippen LogP contribution in [-0.4, -0.2) is 0 Å². The zero-order valence-corrected chi connectivity index (χ0v) is 6.97. The molecule has 0 aliphatic carbocycles. The van der Waals surface area contributed by atoms with Crippen molar-refractivity contribution < 1.29 is 0 Å². The Labute approximate surface area is 71.2 Å². The van der Waals surface area contributed by atoms with E-state index in [1.807, 2.05) is 0 Å². The van der Waals surface area contributed by atoms with Gasteiger partial charge in [-0.25, -0.2) is 0 Å². The van der Waals surface area contributed by atoms with E-state index in [1.54, 1.807) is 30.3 Å². The van der Waals surface area contributed by atoms with E-state index in [9.17, 15) is 0 Å². The number of nitriles is 1. The van der Waals surface area contributed by atoms with Crippen LogP contribution in [0.5, 0.6) is 0 Å². The molecule has 0 saturated heterocycles. The molecule has 1 aromatic carbocycles. The van der Waals surface area contributed by atoms with Gasteiger partial charge in [-0.15, -0.1) is 0 Å². The van der Waals surface area contributed by atoms with Crippen molar-refractivity contribution in [2.24, 2.45) is 0 Å². The molecule has 11 heavy (non-hydrogen) atoms. The molecule has 0 aliphatic heterocycles. The minimum Gasteiger partial charge on any atom is -0.399 e. The van der Waals surface area contributed by atoms with Gasteiger partial charge < -0.3 is 5.73 Å². The van der Waals surface area contributed by atoms with Crippen LogP contribution in [0.15, 0.2) is 24.3 Å². The number of anilines is 1. The number of hydrogen-bond donors (Lipinski definition) is 1. The normalized spacial score (nSPS) is 7.36. The number of nitrogen functional groups attached to an aromatic ring is 1. The quantitative estimate of drug-likeness (QED) is 0.605. The van der Waals surface area contributed by atoms with Gasteiger partial charge >= 0.3 is 0 Å². The molecule has 2 nitrogen and oxygen atoms in total.